The summed E-state index contributed by atoms with van der Waals surface area (Å²) in [5.41, 5.74) is 0. The lowest BCUT2D eigenvalue weighted by atomic mass is 9.69. The van der Waals surface area contributed by atoms with E-state index in [1.165, 1.54) is 38.6 Å². The fourth-order valence-electron chi connectivity index (χ4n) is 3.25. The number of hydrogen-bond acceptors (Lipinski definition) is 1. The third-order valence-corrected chi connectivity index (χ3v) is 4.52. The fourth-order valence-corrected chi connectivity index (χ4v) is 3.25. The molecular weight excluding hydrogens is 206 g/mol. The highest BCUT2D eigenvalue weighted by molar-refractivity contribution is 4.84. The predicted octanol–water partition coefficient (Wildman–Crippen LogP) is 4.25. The molecule has 1 nitrogen and oxygen atoms in total. The van der Waals surface area contributed by atoms with Crippen molar-refractivity contribution in [2.45, 2.75) is 52.9 Å². The summed E-state index contributed by atoms with van der Waals surface area (Å²) in [4.78, 5) is 0. The lowest BCUT2D eigenvalue weighted by Crippen LogP contribution is -2.34. The first-order chi connectivity index (χ1) is 8.19. The Morgan fingerprint density at radius 3 is 2.65 bits per heavy atom. The molecule has 0 aliphatic heterocycles. The van der Waals surface area contributed by atoms with Crippen molar-refractivity contribution in [2.75, 3.05) is 13.1 Å². The molecular formula is C16H31N. The van der Waals surface area contributed by atoms with Crippen LogP contribution in [0, 0.1) is 23.7 Å². The first kappa shape index (κ1) is 14.8. The van der Waals surface area contributed by atoms with Crippen molar-refractivity contribution in [3.8, 4) is 0 Å². The van der Waals surface area contributed by atoms with Crippen LogP contribution in [0.25, 0.3) is 0 Å². The predicted molar refractivity (Wildman–Crippen MR) is 77.1 cm³/mol. The van der Waals surface area contributed by atoms with E-state index >= 15 is 0 Å². The van der Waals surface area contributed by atoms with Crippen LogP contribution < -0.4 is 5.32 Å². The maximum absolute atomic E-state index is 3.87. The largest absolute Gasteiger partial charge is 0.317 e. The van der Waals surface area contributed by atoms with Crippen molar-refractivity contribution in [1.82, 2.24) is 5.32 Å². The summed E-state index contributed by atoms with van der Waals surface area (Å²) in [6.45, 7) is 13.2. The minimum absolute atomic E-state index is 0.862. The van der Waals surface area contributed by atoms with Crippen LogP contribution in [0.5, 0.6) is 0 Å². The van der Waals surface area contributed by atoms with Gasteiger partial charge >= 0.3 is 0 Å². The van der Waals surface area contributed by atoms with Gasteiger partial charge in [-0.25, -0.2) is 0 Å². The molecule has 17 heavy (non-hydrogen) atoms. The molecule has 1 rings (SSSR count). The molecule has 100 valence electrons. The van der Waals surface area contributed by atoms with E-state index in [0.717, 1.165) is 30.2 Å². The Hall–Kier alpha value is -0.300. The van der Waals surface area contributed by atoms with Gasteiger partial charge in [0.15, 0.2) is 0 Å². The van der Waals surface area contributed by atoms with Crippen molar-refractivity contribution >= 4 is 0 Å². The Bertz CT molecular complexity index is 210. The topological polar surface area (TPSA) is 12.0 Å². The molecule has 0 aromatic carbocycles. The van der Waals surface area contributed by atoms with E-state index in [2.05, 4.69) is 38.7 Å². The highest BCUT2D eigenvalue weighted by Gasteiger charge is 2.30. The molecule has 0 radical (unpaired) electrons. The van der Waals surface area contributed by atoms with E-state index in [1.807, 2.05) is 0 Å². The molecule has 0 aromatic rings. The molecule has 1 aliphatic rings. The molecule has 1 heteroatoms. The third kappa shape index (κ3) is 4.83. The van der Waals surface area contributed by atoms with Gasteiger partial charge in [-0.05, 0) is 68.9 Å². The molecule has 0 spiro atoms. The van der Waals surface area contributed by atoms with Gasteiger partial charge in [0.25, 0.3) is 0 Å². The smallest absolute Gasteiger partial charge is 0.00180 e. The standard InChI is InChI=1S/C16H31N/c1-5-7-8-15-11-14(13(3)4)9-10-16(15)12-17-6-2/h5,13-17H,1,6-12H2,2-4H3. The molecule has 0 heterocycles. The fraction of sp³-hybridized carbons (Fsp3) is 0.875. The van der Waals surface area contributed by atoms with Crippen LogP contribution in [0.3, 0.4) is 0 Å². The van der Waals surface area contributed by atoms with Crippen molar-refractivity contribution in [3.05, 3.63) is 12.7 Å². The molecule has 1 N–H and O–H groups in total. The molecule has 0 aromatic heterocycles. The summed E-state index contributed by atoms with van der Waals surface area (Å²) in [7, 11) is 0. The van der Waals surface area contributed by atoms with Gasteiger partial charge < -0.3 is 5.32 Å². The maximum atomic E-state index is 3.87. The van der Waals surface area contributed by atoms with E-state index in [0.29, 0.717) is 0 Å². The molecule has 3 unspecified atom stereocenters. The Kier molecular flexibility index (Phi) is 6.87. The van der Waals surface area contributed by atoms with Gasteiger partial charge in [-0.1, -0.05) is 26.8 Å². The van der Waals surface area contributed by atoms with Crippen molar-refractivity contribution in [3.63, 3.8) is 0 Å². The van der Waals surface area contributed by atoms with Gasteiger partial charge in [0.1, 0.15) is 0 Å². The summed E-state index contributed by atoms with van der Waals surface area (Å²) in [5.74, 6) is 3.65. The van der Waals surface area contributed by atoms with Crippen molar-refractivity contribution in [1.29, 1.82) is 0 Å². The van der Waals surface area contributed by atoms with Crippen LogP contribution in [0.4, 0.5) is 0 Å². The second-order valence-corrected chi connectivity index (χ2v) is 6.01. The number of nitrogens with one attached hydrogen (secondary N) is 1. The number of hydrogen-bond donors (Lipinski definition) is 1. The zero-order valence-electron chi connectivity index (χ0n) is 12.0. The Labute approximate surface area is 108 Å². The van der Waals surface area contributed by atoms with Crippen LogP contribution in [0.1, 0.15) is 52.9 Å². The number of allylic oxidation sites excluding steroid dienone is 1. The van der Waals surface area contributed by atoms with Crippen LogP contribution in [-0.2, 0) is 0 Å². The second-order valence-electron chi connectivity index (χ2n) is 6.01. The van der Waals surface area contributed by atoms with Crippen LogP contribution >= 0.6 is 0 Å². The van der Waals surface area contributed by atoms with E-state index < -0.39 is 0 Å². The Balaban J connectivity index is 2.48. The maximum Gasteiger partial charge on any atom is -0.00180 e. The molecule has 1 fully saturated rings. The molecule has 0 bridgehead atoms. The third-order valence-electron chi connectivity index (χ3n) is 4.52. The molecule has 3 atom stereocenters. The molecule has 0 saturated heterocycles. The summed E-state index contributed by atoms with van der Waals surface area (Å²) in [6.07, 6.45) is 8.95. The highest BCUT2D eigenvalue weighted by atomic mass is 14.8. The zero-order chi connectivity index (χ0) is 12.7. The minimum atomic E-state index is 0.862. The summed E-state index contributed by atoms with van der Waals surface area (Å²) < 4.78 is 0. The molecule has 1 saturated carbocycles. The van der Waals surface area contributed by atoms with Gasteiger partial charge in [0.2, 0.25) is 0 Å². The second kappa shape index (κ2) is 7.92. The molecule has 0 amide bonds. The SMILES string of the molecule is C=CCCC1CC(C(C)C)CCC1CNCC. The van der Waals surface area contributed by atoms with Crippen LogP contribution in [0.2, 0.25) is 0 Å². The van der Waals surface area contributed by atoms with Gasteiger partial charge in [0, 0.05) is 0 Å². The Morgan fingerprint density at radius 2 is 2.06 bits per heavy atom. The van der Waals surface area contributed by atoms with Gasteiger partial charge in [-0.15, -0.1) is 6.58 Å². The van der Waals surface area contributed by atoms with E-state index in [-0.39, 0.29) is 0 Å². The highest BCUT2D eigenvalue weighted by Crippen LogP contribution is 2.39. The quantitative estimate of drug-likeness (QED) is 0.653. The zero-order valence-corrected chi connectivity index (χ0v) is 12.0. The van der Waals surface area contributed by atoms with E-state index in [1.54, 1.807) is 0 Å². The van der Waals surface area contributed by atoms with Crippen LogP contribution in [0.15, 0.2) is 12.7 Å². The normalized spacial score (nSPS) is 29.5. The monoisotopic (exact) mass is 237 g/mol. The first-order valence-corrected chi connectivity index (χ1v) is 7.50. The van der Waals surface area contributed by atoms with E-state index in [4.69, 9.17) is 0 Å². The lowest BCUT2D eigenvalue weighted by molar-refractivity contribution is 0.139. The van der Waals surface area contributed by atoms with Gasteiger partial charge in [0.05, 0.1) is 0 Å². The first-order valence-electron chi connectivity index (χ1n) is 7.50. The van der Waals surface area contributed by atoms with Crippen molar-refractivity contribution < 1.29 is 0 Å². The number of rotatable bonds is 7. The average Bonchev–Trinajstić information content (AvgIpc) is 2.34. The van der Waals surface area contributed by atoms with Gasteiger partial charge in [-0.3, -0.25) is 0 Å². The minimum Gasteiger partial charge on any atom is -0.317 e. The Morgan fingerprint density at radius 1 is 1.29 bits per heavy atom. The van der Waals surface area contributed by atoms with Crippen LogP contribution in [-0.4, -0.2) is 13.1 Å². The average molecular weight is 237 g/mol. The molecule has 1 aliphatic carbocycles. The van der Waals surface area contributed by atoms with Crippen molar-refractivity contribution in [2.24, 2.45) is 23.7 Å². The lowest BCUT2D eigenvalue weighted by Gasteiger charge is -2.38. The summed E-state index contributed by atoms with van der Waals surface area (Å²) in [5, 5.41) is 3.54. The summed E-state index contributed by atoms with van der Waals surface area (Å²) in [6, 6.07) is 0. The van der Waals surface area contributed by atoms with Gasteiger partial charge in [-0.2, -0.15) is 0 Å². The summed E-state index contributed by atoms with van der Waals surface area (Å²) >= 11 is 0. The van der Waals surface area contributed by atoms with E-state index in [9.17, 15) is 0 Å².